The van der Waals surface area contributed by atoms with E-state index in [9.17, 15) is 4.79 Å². The first-order chi connectivity index (χ1) is 13.2. The third-order valence-electron chi connectivity index (χ3n) is 4.55. The molecule has 9 heteroatoms. The first-order valence-corrected chi connectivity index (χ1v) is 9.98. The van der Waals surface area contributed by atoms with Gasteiger partial charge in [-0.25, -0.2) is 14.5 Å². The standard InChI is InChI=1S/C19H27ClN6O.HI/c1-2-21-18(23-14-15-7-9-16(20)10-8-15)22-11-5-13-26-19(27)25-12-4-3-6-17(25)24-26;/h7-10H,2-6,11-14H2,1H3,(H2,21,22,23);1H. The number of aryl methyl sites for hydroxylation is 2. The highest BCUT2D eigenvalue weighted by atomic mass is 127. The molecule has 0 aliphatic carbocycles. The van der Waals surface area contributed by atoms with Gasteiger partial charge in [-0.1, -0.05) is 23.7 Å². The Kier molecular flexibility index (Phi) is 9.30. The van der Waals surface area contributed by atoms with Crippen LogP contribution in [0.1, 0.15) is 37.6 Å². The third kappa shape index (κ3) is 6.23. The molecule has 0 saturated carbocycles. The predicted octanol–water partition coefficient (Wildman–Crippen LogP) is 2.80. The van der Waals surface area contributed by atoms with Gasteiger partial charge < -0.3 is 10.6 Å². The van der Waals surface area contributed by atoms with Crippen LogP contribution in [-0.4, -0.2) is 33.4 Å². The Labute approximate surface area is 187 Å². The van der Waals surface area contributed by atoms with Crippen LogP contribution in [0, 0.1) is 0 Å². The van der Waals surface area contributed by atoms with Crippen molar-refractivity contribution in [3.63, 3.8) is 0 Å². The molecular formula is C19H28ClIN6O. The summed E-state index contributed by atoms with van der Waals surface area (Å²) >= 11 is 5.91. The van der Waals surface area contributed by atoms with Crippen LogP contribution < -0.4 is 16.3 Å². The topological polar surface area (TPSA) is 76.2 Å². The average Bonchev–Trinajstić information content (AvgIpc) is 3.00. The molecule has 0 bridgehead atoms. The van der Waals surface area contributed by atoms with Crippen LogP contribution in [-0.2, 0) is 26.1 Å². The Morgan fingerprint density at radius 3 is 2.75 bits per heavy atom. The van der Waals surface area contributed by atoms with E-state index in [1.165, 1.54) is 0 Å². The molecule has 2 aromatic rings. The van der Waals surface area contributed by atoms with Gasteiger partial charge >= 0.3 is 5.69 Å². The summed E-state index contributed by atoms with van der Waals surface area (Å²) in [7, 11) is 0. The van der Waals surface area contributed by atoms with E-state index in [2.05, 4.69) is 20.7 Å². The number of nitrogens with zero attached hydrogens (tertiary/aromatic N) is 4. The maximum Gasteiger partial charge on any atom is 0.345 e. The second kappa shape index (κ2) is 11.5. The van der Waals surface area contributed by atoms with E-state index >= 15 is 0 Å². The van der Waals surface area contributed by atoms with E-state index in [-0.39, 0.29) is 29.7 Å². The molecule has 0 spiro atoms. The lowest BCUT2D eigenvalue weighted by Gasteiger charge is -2.11. The molecule has 0 saturated heterocycles. The fourth-order valence-corrected chi connectivity index (χ4v) is 3.26. The molecule has 2 N–H and O–H groups in total. The molecule has 1 aromatic heterocycles. The Bertz CT molecular complexity index is 830. The van der Waals surface area contributed by atoms with Crippen LogP contribution in [0.15, 0.2) is 34.1 Å². The monoisotopic (exact) mass is 518 g/mol. The molecule has 7 nitrogen and oxygen atoms in total. The van der Waals surface area contributed by atoms with Gasteiger partial charge in [0, 0.05) is 37.6 Å². The lowest BCUT2D eigenvalue weighted by atomic mass is 10.2. The van der Waals surface area contributed by atoms with Crippen LogP contribution in [0.25, 0.3) is 0 Å². The predicted molar refractivity (Wildman–Crippen MR) is 124 cm³/mol. The van der Waals surface area contributed by atoms with Crippen molar-refractivity contribution in [3.8, 4) is 0 Å². The lowest BCUT2D eigenvalue weighted by molar-refractivity contribution is 0.509. The summed E-state index contributed by atoms with van der Waals surface area (Å²) < 4.78 is 3.41. The van der Waals surface area contributed by atoms with Crippen LogP contribution >= 0.6 is 35.6 Å². The minimum atomic E-state index is 0. The average molecular weight is 519 g/mol. The minimum Gasteiger partial charge on any atom is -0.357 e. The number of aliphatic imine (C=N–C) groups is 1. The Balaban J connectivity index is 0.00000280. The molecule has 0 atom stereocenters. The first-order valence-electron chi connectivity index (χ1n) is 9.60. The van der Waals surface area contributed by atoms with Crippen molar-refractivity contribution in [1.29, 1.82) is 0 Å². The highest BCUT2D eigenvalue weighted by Gasteiger charge is 2.16. The quantitative estimate of drug-likeness (QED) is 0.256. The van der Waals surface area contributed by atoms with Crippen LogP contribution in [0.2, 0.25) is 5.02 Å². The van der Waals surface area contributed by atoms with Gasteiger partial charge in [0.05, 0.1) is 6.54 Å². The lowest BCUT2D eigenvalue weighted by Crippen LogP contribution is -2.38. The SMILES string of the molecule is CCNC(=NCc1ccc(Cl)cc1)NCCCn1nc2n(c1=O)CCCC2.I. The zero-order chi connectivity index (χ0) is 19.1. The number of halogens is 2. The summed E-state index contributed by atoms with van der Waals surface area (Å²) in [6.07, 6.45) is 3.90. The van der Waals surface area contributed by atoms with E-state index in [1.807, 2.05) is 35.8 Å². The van der Waals surface area contributed by atoms with Crippen molar-refractivity contribution < 1.29 is 0 Å². The number of guanidine groups is 1. The number of nitrogens with one attached hydrogen (secondary N) is 2. The van der Waals surface area contributed by atoms with Gasteiger partial charge in [-0.3, -0.25) is 4.57 Å². The van der Waals surface area contributed by atoms with Crippen LogP contribution in [0.3, 0.4) is 0 Å². The van der Waals surface area contributed by atoms with Gasteiger partial charge in [0.15, 0.2) is 5.96 Å². The number of benzene rings is 1. The number of hydrogen-bond donors (Lipinski definition) is 2. The van der Waals surface area contributed by atoms with Crippen LogP contribution in [0.4, 0.5) is 0 Å². The van der Waals surface area contributed by atoms with Crippen molar-refractivity contribution in [1.82, 2.24) is 25.0 Å². The summed E-state index contributed by atoms with van der Waals surface area (Å²) in [6.45, 7) is 5.55. The van der Waals surface area contributed by atoms with Gasteiger partial charge in [-0.2, -0.15) is 5.10 Å². The van der Waals surface area contributed by atoms with E-state index in [0.717, 1.165) is 67.7 Å². The van der Waals surface area contributed by atoms with Gasteiger partial charge in [0.1, 0.15) is 5.82 Å². The molecule has 1 aliphatic rings. The van der Waals surface area contributed by atoms with Crippen molar-refractivity contribution in [3.05, 3.63) is 51.2 Å². The van der Waals surface area contributed by atoms with Crippen molar-refractivity contribution >= 4 is 41.5 Å². The van der Waals surface area contributed by atoms with Crippen molar-refractivity contribution in [2.75, 3.05) is 13.1 Å². The summed E-state index contributed by atoms with van der Waals surface area (Å²) in [5.74, 6) is 1.70. The summed E-state index contributed by atoms with van der Waals surface area (Å²) in [5, 5.41) is 11.8. The maximum atomic E-state index is 12.3. The summed E-state index contributed by atoms with van der Waals surface area (Å²) in [6, 6.07) is 7.69. The maximum absolute atomic E-state index is 12.3. The normalized spacial score (nSPS) is 13.6. The summed E-state index contributed by atoms with van der Waals surface area (Å²) in [4.78, 5) is 16.9. The molecule has 2 heterocycles. The highest BCUT2D eigenvalue weighted by Crippen LogP contribution is 2.10. The Morgan fingerprint density at radius 1 is 1.25 bits per heavy atom. The summed E-state index contributed by atoms with van der Waals surface area (Å²) in [5.41, 5.74) is 1.12. The molecule has 0 amide bonds. The molecule has 154 valence electrons. The second-order valence-electron chi connectivity index (χ2n) is 6.63. The number of aromatic nitrogens is 3. The largest absolute Gasteiger partial charge is 0.357 e. The van der Waals surface area contributed by atoms with E-state index in [4.69, 9.17) is 11.6 Å². The molecule has 1 aliphatic heterocycles. The first kappa shape index (κ1) is 22.7. The molecule has 28 heavy (non-hydrogen) atoms. The second-order valence-corrected chi connectivity index (χ2v) is 7.07. The van der Waals surface area contributed by atoms with Crippen molar-refractivity contribution in [2.24, 2.45) is 4.99 Å². The molecule has 0 radical (unpaired) electrons. The van der Waals surface area contributed by atoms with Gasteiger partial charge in [-0.05, 0) is 43.9 Å². The highest BCUT2D eigenvalue weighted by molar-refractivity contribution is 14.0. The third-order valence-corrected chi connectivity index (χ3v) is 4.80. The smallest absolute Gasteiger partial charge is 0.345 e. The molecular weight excluding hydrogens is 491 g/mol. The van der Waals surface area contributed by atoms with Gasteiger partial charge in [-0.15, -0.1) is 24.0 Å². The molecule has 0 unspecified atom stereocenters. The fraction of sp³-hybridized carbons (Fsp3) is 0.526. The van der Waals surface area contributed by atoms with E-state index in [0.29, 0.717) is 13.1 Å². The zero-order valence-electron chi connectivity index (χ0n) is 16.2. The zero-order valence-corrected chi connectivity index (χ0v) is 19.2. The van der Waals surface area contributed by atoms with Gasteiger partial charge in [0.2, 0.25) is 0 Å². The molecule has 1 aromatic carbocycles. The van der Waals surface area contributed by atoms with E-state index in [1.54, 1.807) is 4.68 Å². The minimum absolute atomic E-state index is 0. The number of rotatable bonds is 7. The Hall–Kier alpha value is -1.55. The van der Waals surface area contributed by atoms with E-state index < -0.39 is 0 Å². The van der Waals surface area contributed by atoms with Gasteiger partial charge in [0.25, 0.3) is 0 Å². The van der Waals surface area contributed by atoms with Crippen LogP contribution in [0.5, 0.6) is 0 Å². The molecule has 0 fully saturated rings. The number of hydrogen-bond acceptors (Lipinski definition) is 3. The molecule has 3 rings (SSSR count). The Morgan fingerprint density at radius 2 is 2.04 bits per heavy atom. The van der Waals surface area contributed by atoms with Crippen molar-refractivity contribution in [2.45, 2.75) is 52.2 Å². The fourth-order valence-electron chi connectivity index (χ4n) is 3.13. The number of fused-ring (bicyclic) bond motifs is 1.